The standard InChI is InChI=1S/C12H8Cl2N2O/c13-12(14)10(8-15)16-11(17)7-6-9-4-2-1-3-5-9/h1-7H,(H,16,17). The van der Waals surface area contributed by atoms with E-state index in [9.17, 15) is 4.79 Å². The normalized spacial score (nSPS) is 9.71. The molecular weight excluding hydrogens is 259 g/mol. The largest absolute Gasteiger partial charge is 0.312 e. The predicted octanol–water partition coefficient (Wildman–Crippen LogP) is 2.99. The molecule has 0 atom stereocenters. The molecule has 5 heteroatoms. The Hall–Kier alpha value is -1.76. The molecule has 0 heterocycles. The lowest BCUT2D eigenvalue weighted by Crippen LogP contribution is -2.19. The number of hydrogen-bond donors (Lipinski definition) is 1. The van der Waals surface area contributed by atoms with Crippen LogP contribution in [0.5, 0.6) is 0 Å². The molecule has 17 heavy (non-hydrogen) atoms. The summed E-state index contributed by atoms with van der Waals surface area (Å²) in [6.07, 6.45) is 2.91. The summed E-state index contributed by atoms with van der Waals surface area (Å²) in [7, 11) is 0. The van der Waals surface area contributed by atoms with Crippen LogP contribution in [0, 0.1) is 11.3 Å². The molecule has 1 rings (SSSR count). The second-order valence-electron chi connectivity index (χ2n) is 2.98. The van der Waals surface area contributed by atoms with Crippen molar-refractivity contribution < 1.29 is 4.79 Å². The van der Waals surface area contributed by atoms with Crippen molar-refractivity contribution in [2.75, 3.05) is 0 Å². The van der Waals surface area contributed by atoms with Crippen LogP contribution >= 0.6 is 23.2 Å². The Balaban J connectivity index is 2.66. The fraction of sp³-hybridized carbons (Fsp3) is 0. The third-order valence-electron chi connectivity index (χ3n) is 1.78. The average molecular weight is 267 g/mol. The Labute approximate surface area is 109 Å². The van der Waals surface area contributed by atoms with E-state index in [0.29, 0.717) is 0 Å². The van der Waals surface area contributed by atoms with Crippen molar-refractivity contribution in [1.82, 2.24) is 5.32 Å². The van der Waals surface area contributed by atoms with Crippen molar-refractivity contribution in [3.05, 3.63) is 52.2 Å². The number of amides is 1. The first-order chi connectivity index (χ1) is 8.13. The number of carbonyl (C=O) groups is 1. The van der Waals surface area contributed by atoms with Gasteiger partial charge in [-0.2, -0.15) is 5.26 Å². The molecule has 0 fully saturated rings. The minimum absolute atomic E-state index is 0.170. The first-order valence-electron chi connectivity index (χ1n) is 4.63. The van der Waals surface area contributed by atoms with Crippen molar-refractivity contribution in [3.63, 3.8) is 0 Å². The van der Waals surface area contributed by atoms with Gasteiger partial charge < -0.3 is 5.32 Å². The van der Waals surface area contributed by atoms with Gasteiger partial charge in [0.1, 0.15) is 10.6 Å². The Kier molecular flexibility index (Phi) is 5.28. The molecule has 3 nitrogen and oxygen atoms in total. The lowest BCUT2D eigenvalue weighted by molar-refractivity contribution is -0.115. The van der Waals surface area contributed by atoms with E-state index in [1.807, 2.05) is 30.3 Å². The molecule has 0 spiro atoms. The minimum Gasteiger partial charge on any atom is -0.312 e. The Morgan fingerprint density at radius 1 is 1.29 bits per heavy atom. The molecule has 0 saturated heterocycles. The van der Waals surface area contributed by atoms with Crippen molar-refractivity contribution in [1.29, 1.82) is 5.26 Å². The van der Waals surface area contributed by atoms with Gasteiger partial charge in [0.2, 0.25) is 5.91 Å². The molecule has 0 bridgehead atoms. The summed E-state index contributed by atoms with van der Waals surface area (Å²) in [4.78, 5) is 11.4. The maximum absolute atomic E-state index is 11.4. The molecule has 0 aliphatic carbocycles. The summed E-state index contributed by atoms with van der Waals surface area (Å²) in [5.74, 6) is -0.468. The molecule has 86 valence electrons. The molecule has 0 aliphatic heterocycles. The zero-order valence-electron chi connectivity index (χ0n) is 8.65. The van der Waals surface area contributed by atoms with Gasteiger partial charge in [0, 0.05) is 6.08 Å². The van der Waals surface area contributed by atoms with Crippen LogP contribution < -0.4 is 5.32 Å². The van der Waals surface area contributed by atoms with Gasteiger partial charge in [0.15, 0.2) is 5.70 Å². The summed E-state index contributed by atoms with van der Waals surface area (Å²) in [6.45, 7) is 0. The molecular formula is C12H8Cl2N2O. The van der Waals surface area contributed by atoms with E-state index >= 15 is 0 Å². The van der Waals surface area contributed by atoms with Crippen LogP contribution in [0.25, 0.3) is 6.08 Å². The highest BCUT2D eigenvalue weighted by Crippen LogP contribution is 2.11. The van der Waals surface area contributed by atoms with Gasteiger partial charge in [0.25, 0.3) is 0 Å². The summed E-state index contributed by atoms with van der Waals surface area (Å²) < 4.78 is -0.269. The van der Waals surface area contributed by atoms with E-state index < -0.39 is 5.91 Å². The number of rotatable bonds is 3. The quantitative estimate of drug-likeness (QED) is 0.676. The molecule has 1 aromatic rings. The highest BCUT2D eigenvalue weighted by molar-refractivity contribution is 6.56. The SMILES string of the molecule is N#CC(NC(=O)C=Cc1ccccc1)=C(Cl)Cl. The van der Waals surface area contributed by atoms with E-state index in [1.165, 1.54) is 6.08 Å². The summed E-state index contributed by atoms with van der Waals surface area (Å²) >= 11 is 10.8. The van der Waals surface area contributed by atoms with E-state index in [0.717, 1.165) is 5.56 Å². The van der Waals surface area contributed by atoms with Crippen molar-refractivity contribution in [2.45, 2.75) is 0 Å². The van der Waals surface area contributed by atoms with Gasteiger partial charge in [-0.25, -0.2) is 0 Å². The summed E-state index contributed by atoms with van der Waals surface area (Å²) in [5, 5.41) is 10.9. The summed E-state index contributed by atoms with van der Waals surface area (Å²) in [5.41, 5.74) is 0.707. The van der Waals surface area contributed by atoms with Crippen molar-refractivity contribution in [2.24, 2.45) is 0 Å². The smallest absolute Gasteiger partial charge is 0.248 e. The summed E-state index contributed by atoms with van der Waals surface area (Å²) in [6, 6.07) is 11.0. The number of carbonyl (C=O) groups excluding carboxylic acids is 1. The third kappa shape index (κ3) is 4.73. The number of nitrogens with zero attached hydrogens (tertiary/aromatic N) is 1. The first-order valence-corrected chi connectivity index (χ1v) is 5.38. The average Bonchev–Trinajstić information content (AvgIpc) is 2.34. The van der Waals surface area contributed by atoms with E-state index in [-0.39, 0.29) is 10.2 Å². The number of allylic oxidation sites excluding steroid dienone is 1. The number of nitriles is 1. The van der Waals surface area contributed by atoms with Crippen molar-refractivity contribution in [3.8, 4) is 6.07 Å². The molecule has 1 aromatic carbocycles. The molecule has 0 aliphatic rings. The fourth-order valence-corrected chi connectivity index (χ4v) is 1.20. The zero-order valence-corrected chi connectivity index (χ0v) is 10.2. The van der Waals surface area contributed by atoms with Gasteiger partial charge in [-0.1, -0.05) is 53.5 Å². The Morgan fingerprint density at radius 3 is 2.47 bits per heavy atom. The van der Waals surface area contributed by atoms with Crippen LogP contribution in [-0.2, 0) is 4.79 Å². The maximum atomic E-state index is 11.4. The molecule has 1 amide bonds. The fourth-order valence-electron chi connectivity index (χ4n) is 1.02. The van der Waals surface area contributed by atoms with Gasteiger partial charge in [-0.15, -0.1) is 0 Å². The Bertz CT molecular complexity index is 497. The topological polar surface area (TPSA) is 52.9 Å². The van der Waals surface area contributed by atoms with E-state index in [1.54, 1.807) is 12.1 Å². The Morgan fingerprint density at radius 2 is 1.94 bits per heavy atom. The molecule has 0 unspecified atom stereocenters. The minimum atomic E-state index is -0.468. The van der Waals surface area contributed by atoms with Gasteiger partial charge in [-0.05, 0) is 11.6 Å². The van der Waals surface area contributed by atoms with Crippen LogP contribution in [0.15, 0.2) is 46.6 Å². The van der Waals surface area contributed by atoms with Gasteiger partial charge in [-0.3, -0.25) is 4.79 Å². The number of hydrogen-bond acceptors (Lipinski definition) is 2. The third-order valence-corrected chi connectivity index (χ3v) is 2.15. The van der Waals surface area contributed by atoms with Crippen LogP contribution in [0.1, 0.15) is 5.56 Å². The van der Waals surface area contributed by atoms with E-state index in [4.69, 9.17) is 28.5 Å². The molecule has 0 saturated carbocycles. The number of benzene rings is 1. The second-order valence-corrected chi connectivity index (χ2v) is 3.93. The monoisotopic (exact) mass is 266 g/mol. The zero-order chi connectivity index (χ0) is 12.7. The highest BCUT2D eigenvalue weighted by Gasteiger charge is 2.04. The number of nitrogens with one attached hydrogen (secondary N) is 1. The lowest BCUT2D eigenvalue weighted by atomic mass is 10.2. The molecule has 0 radical (unpaired) electrons. The van der Waals surface area contributed by atoms with Gasteiger partial charge in [0.05, 0.1) is 0 Å². The number of halogens is 2. The second kappa shape index (κ2) is 6.74. The molecule has 0 aromatic heterocycles. The van der Waals surface area contributed by atoms with Crippen LogP contribution in [-0.4, -0.2) is 5.91 Å². The van der Waals surface area contributed by atoms with Crippen LogP contribution in [0.2, 0.25) is 0 Å². The van der Waals surface area contributed by atoms with Crippen LogP contribution in [0.3, 0.4) is 0 Å². The molecule has 1 N–H and O–H groups in total. The van der Waals surface area contributed by atoms with Crippen LogP contribution in [0.4, 0.5) is 0 Å². The lowest BCUT2D eigenvalue weighted by Gasteiger charge is -1.98. The predicted molar refractivity (Wildman–Crippen MR) is 68.0 cm³/mol. The van der Waals surface area contributed by atoms with Crippen molar-refractivity contribution >= 4 is 35.2 Å². The van der Waals surface area contributed by atoms with E-state index in [2.05, 4.69) is 5.32 Å². The first kappa shape index (κ1) is 13.3. The highest BCUT2D eigenvalue weighted by atomic mass is 35.5. The maximum Gasteiger partial charge on any atom is 0.248 e. The van der Waals surface area contributed by atoms with Gasteiger partial charge >= 0.3 is 0 Å².